The van der Waals surface area contributed by atoms with Crippen LogP contribution < -0.4 is 10.1 Å². The molecule has 11 heteroatoms. The number of carbonyl (C=O) groups is 1. The monoisotopic (exact) mass is 370 g/mol. The quantitative estimate of drug-likeness (QED) is 0.413. The number of anilines is 1. The number of nitrogens with zero attached hydrogens (tertiary/aromatic N) is 3. The molecule has 0 aliphatic carbocycles. The number of hydrogen-bond acceptors (Lipinski definition) is 9. The van der Waals surface area contributed by atoms with Gasteiger partial charge in [0.1, 0.15) is 4.92 Å². The summed E-state index contributed by atoms with van der Waals surface area (Å²) in [4.78, 5) is 21.9. The van der Waals surface area contributed by atoms with Crippen molar-refractivity contribution in [2.75, 3.05) is 12.4 Å². The van der Waals surface area contributed by atoms with E-state index in [-0.39, 0.29) is 23.4 Å². The molecule has 0 bridgehead atoms. The second kappa shape index (κ2) is 6.29. The van der Waals surface area contributed by atoms with Crippen molar-refractivity contribution in [3.05, 3.63) is 52.3 Å². The topological polar surface area (TPSA) is 147 Å². The summed E-state index contributed by atoms with van der Waals surface area (Å²) < 4.78 is 21.1. The zero-order chi connectivity index (χ0) is 19.0. The van der Waals surface area contributed by atoms with Crippen LogP contribution in [0.2, 0.25) is 0 Å². The predicted molar refractivity (Wildman–Crippen MR) is 89.4 cm³/mol. The molecular weight excluding hydrogens is 360 g/mol. The van der Waals surface area contributed by atoms with Gasteiger partial charge in [0.05, 0.1) is 13.2 Å². The number of aromatic nitrogens is 2. The molecule has 1 amide bonds. The highest BCUT2D eigenvalue weighted by Crippen LogP contribution is 2.33. The molecule has 1 aromatic carbocycles. The number of rotatable bonds is 5. The van der Waals surface area contributed by atoms with Gasteiger partial charge in [-0.3, -0.25) is 20.2 Å². The van der Waals surface area contributed by atoms with Gasteiger partial charge in [-0.2, -0.15) is 0 Å². The van der Waals surface area contributed by atoms with Crippen molar-refractivity contribution in [2.24, 2.45) is 0 Å². The minimum absolute atomic E-state index is 0.0361. The summed E-state index contributed by atoms with van der Waals surface area (Å²) in [5.74, 6) is -0.724. The summed E-state index contributed by atoms with van der Waals surface area (Å²) in [6, 6.07) is 9.08. The SMILES string of the molecule is COc1cccc2cc(-c3nnc(NC(=O)c4ccc([N+](=O)[O-])o4)o3)oc12. The number of nitrogens with one attached hydrogen (secondary N) is 1. The number of hydrogen-bond donors (Lipinski definition) is 1. The Balaban J connectivity index is 1.56. The van der Waals surface area contributed by atoms with Crippen LogP contribution in [0.25, 0.3) is 22.6 Å². The first kappa shape index (κ1) is 16.3. The summed E-state index contributed by atoms with van der Waals surface area (Å²) in [6.45, 7) is 0. The Labute approximate surface area is 149 Å². The molecule has 4 rings (SSSR count). The van der Waals surface area contributed by atoms with E-state index in [1.165, 1.54) is 7.11 Å². The van der Waals surface area contributed by atoms with Crippen molar-refractivity contribution in [3.63, 3.8) is 0 Å². The maximum atomic E-state index is 12.0. The molecule has 0 fully saturated rings. The molecule has 1 N–H and O–H groups in total. The van der Waals surface area contributed by atoms with Crippen molar-refractivity contribution in [1.29, 1.82) is 0 Å². The molecule has 0 saturated heterocycles. The van der Waals surface area contributed by atoms with Crippen molar-refractivity contribution < 1.29 is 27.7 Å². The van der Waals surface area contributed by atoms with Crippen LogP contribution in [0, 0.1) is 10.1 Å². The van der Waals surface area contributed by atoms with Gasteiger partial charge in [0.2, 0.25) is 0 Å². The number of carbonyl (C=O) groups excluding carboxylic acids is 1. The first-order valence-electron chi connectivity index (χ1n) is 7.51. The Hall–Kier alpha value is -4.15. The molecule has 3 aromatic heterocycles. The second-order valence-corrected chi connectivity index (χ2v) is 5.25. The third-order valence-corrected chi connectivity index (χ3v) is 3.58. The Kier molecular flexibility index (Phi) is 3.81. The van der Waals surface area contributed by atoms with E-state index in [9.17, 15) is 14.9 Å². The summed E-state index contributed by atoms with van der Waals surface area (Å²) >= 11 is 0. The van der Waals surface area contributed by atoms with Gasteiger partial charge >= 0.3 is 11.9 Å². The van der Waals surface area contributed by atoms with E-state index in [4.69, 9.17) is 18.0 Å². The van der Waals surface area contributed by atoms with Crippen LogP contribution >= 0.6 is 0 Å². The first-order valence-corrected chi connectivity index (χ1v) is 7.51. The number of nitro groups is 1. The average Bonchev–Trinajstić information content (AvgIpc) is 3.39. The molecule has 0 radical (unpaired) electrons. The van der Waals surface area contributed by atoms with Crippen molar-refractivity contribution >= 4 is 28.8 Å². The van der Waals surface area contributed by atoms with E-state index in [2.05, 4.69) is 15.5 Å². The van der Waals surface area contributed by atoms with Crippen LogP contribution in [-0.2, 0) is 0 Å². The number of amides is 1. The van der Waals surface area contributed by atoms with E-state index >= 15 is 0 Å². The number of furan rings is 2. The van der Waals surface area contributed by atoms with E-state index in [0.717, 1.165) is 17.5 Å². The van der Waals surface area contributed by atoms with Gasteiger partial charge in [-0.25, -0.2) is 0 Å². The van der Waals surface area contributed by atoms with Crippen molar-refractivity contribution in [2.45, 2.75) is 0 Å². The lowest BCUT2D eigenvalue weighted by Crippen LogP contribution is -2.11. The fourth-order valence-electron chi connectivity index (χ4n) is 2.38. The van der Waals surface area contributed by atoms with Crippen LogP contribution in [0.3, 0.4) is 0 Å². The Morgan fingerprint density at radius 1 is 1.19 bits per heavy atom. The maximum Gasteiger partial charge on any atom is 0.433 e. The number of methoxy groups -OCH3 is 1. The van der Waals surface area contributed by atoms with Gasteiger partial charge < -0.3 is 18.0 Å². The maximum absolute atomic E-state index is 12.0. The normalized spacial score (nSPS) is 10.9. The zero-order valence-corrected chi connectivity index (χ0v) is 13.7. The molecular formula is C16H10N4O7. The fraction of sp³-hybridized carbons (Fsp3) is 0.0625. The number of fused-ring (bicyclic) bond motifs is 1. The van der Waals surface area contributed by atoms with E-state index in [1.807, 2.05) is 12.1 Å². The minimum Gasteiger partial charge on any atom is -0.493 e. The van der Waals surface area contributed by atoms with Gasteiger partial charge in [-0.15, -0.1) is 5.10 Å². The fourth-order valence-corrected chi connectivity index (χ4v) is 2.38. The van der Waals surface area contributed by atoms with Gasteiger partial charge in [-0.05, 0) is 18.2 Å². The standard InChI is InChI=1S/C16H10N4O7/c1-24-9-4-2-3-8-7-11(26-13(8)9)15-18-19-16(27-15)17-14(21)10-5-6-12(25-10)20(22)23/h2-7H,1H3,(H,17,19,21). The number of para-hydroxylation sites is 1. The lowest BCUT2D eigenvalue weighted by Gasteiger charge is -1.98. The highest BCUT2D eigenvalue weighted by Gasteiger charge is 2.20. The molecule has 0 atom stereocenters. The first-order chi connectivity index (χ1) is 13.0. The molecule has 0 aliphatic heterocycles. The highest BCUT2D eigenvalue weighted by molar-refractivity contribution is 6.01. The zero-order valence-electron chi connectivity index (χ0n) is 13.7. The predicted octanol–water partition coefficient (Wildman–Crippen LogP) is 3.24. The summed E-state index contributed by atoms with van der Waals surface area (Å²) in [6.07, 6.45) is 0. The second-order valence-electron chi connectivity index (χ2n) is 5.25. The van der Waals surface area contributed by atoms with Crippen molar-refractivity contribution in [3.8, 4) is 17.4 Å². The smallest absolute Gasteiger partial charge is 0.433 e. The van der Waals surface area contributed by atoms with E-state index in [0.29, 0.717) is 11.3 Å². The Bertz CT molecular complexity index is 1160. The largest absolute Gasteiger partial charge is 0.493 e. The average molecular weight is 370 g/mol. The molecule has 136 valence electrons. The van der Waals surface area contributed by atoms with Gasteiger partial charge in [-0.1, -0.05) is 17.2 Å². The molecule has 11 nitrogen and oxygen atoms in total. The lowest BCUT2D eigenvalue weighted by molar-refractivity contribution is -0.402. The van der Waals surface area contributed by atoms with Crippen LogP contribution in [0.1, 0.15) is 10.6 Å². The van der Waals surface area contributed by atoms with Crippen LogP contribution in [0.4, 0.5) is 11.9 Å². The summed E-state index contributed by atoms with van der Waals surface area (Å²) in [5.41, 5.74) is 0.515. The molecule has 4 aromatic rings. The molecule has 0 aliphatic rings. The summed E-state index contributed by atoms with van der Waals surface area (Å²) in [5, 5.41) is 21.2. The van der Waals surface area contributed by atoms with Gasteiger partial charge in [0, 0.05) is 5.39 Å². The van der Waals surface area contributed by atoms with Crippen LogP contribution in [-0.4, -0.2) is 28.1 Å². The Morgan fingerprint density at radius 3 is 2.78 bits per heavy atom. The van der Waals surface area contributed by atoms with Crippen molar-refractivity contribution in [1.82, 2.24) is 10.2 Å². The van der Waals surface area contributed by atoms with E-state index < -0.39 is 16.7 Å². The molecule has 27 heavy (non-hydrogen) atoms. The van der Waals surface area contributed by atoms with Crippen LogP contribution in [0.5, 0.6) is 5.75 Å². The Morgan fingerprint density at radius 2 is 2.04 bits per heavy atom. The van der Waals surface area contributed by atoms with Crippen LogP contribution in [0.15, 0.2) is 49.6 Å². The highest BCUT2D eigenvalue weighted by atomic mass is 16.6. The third kappa shape index (κ3) is 2.97. The minimum atomic E-state index is -0.774. The molecule has 0 unspecified atom stereocenters. The molecule has 3 heterocycles. The third-order valence-electron chi connectivity index (χ3n) is 3.58. The number of ether oxygens (including phenoxy) is 1. The molecule has 0 spiro atoms. The summed E-state index contributed by atoms with van der Waals surface area (Å²) in [7, 11) is 1.52. The molecule has 0 saturated carbocycles. The number of benzene rings is 1. The van der Waals surface area contributed by atoms with Gasteiger partial charge in [0.15, 0.2) is 22.9 Å². The lowest BCUT2D eigenvalue weighted by atomic mass is 10.2. The van der Waals surface area contributed by atoms with E-state index in [1.54, 1.807) is 12.1 Å². The van der Waals surface area contributed by atoms with Gasteiger partial charge in [0.25, 0.3) is 11.8 Å².